The van der Waals surface area contributed by atoms with Crippen LogP contribution in [-0.4, -0.2) is 29.5 Å². The number of methoxy groups -OCH3 is 1. The van der Waals surface area contributed by atoms with Crippen molar-refractivity contribution in [1.82, 2.24) is 10.2 Å². The van der Waals surface area contributed by atoms with Crippen LogP contribution in [0.1, 0.15) is 54.1 Å². The molecule has 1 N–H and O–H groups in total. The van der Waals surface area contributed by atoms with Crippen molar-refractivity contribution in [3.63, 3.8) is 0 Å². The lowest BCUT2D eigenvalue weighted by atomic mass is 9.82. The van der Waals surface area contributed by atoms with Gasteiger partial charge in [-0.25, -0.2) is 4.79 Å². The van der Waals surface area contributed by atoms with Crippen molar-refractivity contribution in [2.24, 2.45) is 0 Å². The molecular formula is C18H22N2O2S. The van der Waals surface area contributed by atoms with Gasteiger partial charge in [-0.05, 0) is 37.1 Å². The minimum atomic E-state index is -0.329. The van der Waals surface area contributed by atoms with Crippen LogP contribution in [0.3, 0.4) is 0 Å². The lowest BCUT2D eigenvalue weighted by Gasteiger charge is -2.22. The zero-order valence-electron chi connectivity index (χ0n) is 13.6. The topological polar surface area (TPSA) is 55.0 Å². The second-order valence-electron chi connectivity index (χ2n) is 5.92. The zero-order valence-corrected chi connectivity index (χ0v) is 14.4. The summed E-state index contributed by atoms with van der Waals surface area (Å²) in [5.74, 6) is 0.0527. The fourth-order valence-electron chi connectivity index (χ4n) is 3.37. The Kier molecular flexibility index (Phi) is 5.06. The summed E-state index contributed by atoms with van der Waals surface area (Å²) in [5, 5.41) is 7.37. The van der Waals surface area contributed by atoms with Crippen molar-refractivity contribution in [2.45, 2.75) is 42.9 Å². The monoisotopic (exact) mass is 330 g/mol. The Labute approximate surface area is 141 Å². The number of ether oxygens (including phenoxy) is 1. The molecule has 0 bridgehead atoms. The van der Waals surface area contributed by atoms with E-state index >= 15 is 0 Å². The van der Waals surface area contributed by atoms with Gasteiger partial charge >= 0.3 is 5.97 Å². The molecule has 1 fully saturated rings. The average Bonchev–Trinajstić information content (AvgIpc) is 3.07. The highest BCUT2D eigenvalue weighted by molar-refractivity contribution is 7.98. The van der Waals surface area contributed by atoms with E-state index in [9.17, 15) is 4.79 Å². The first-order valence-corrected chi connectivity index (χ1v) is 9.28. The van der Waals surface area contributed by atoms with Crippen LogP contribution in [0.5, 0.6) is 0 Å². The highest BCUT2D eigenvalue weighted by atomic mass is 32.2. The Balaban J connectivity index is 2.04. The molecule has 5 heteroatoms. The Bertz CT molecular complexity index is 673. The van der Waals surface area contributed by atoms with Crippen LogP contribution in [0, 0.1) is 0 Å². The molecule has 0 radical (unpaired) electrons. The van der Waals surface area contributed by atoms with Crippen LogP contribution < -0.4 is 0 Å². The van der Waals surface area contributed by atoms with Gasteiger partial charge in [0.25, 0.3) is 0 Å². The number of benzene rings is 1. The number of carbonyl (C=O) groups excluding carboxylic acids is 1. The SMILES string of the molecule is COC(=O)c1[nH]nc(-c2ccc(SC)cc2)c1C1CCCCC1. The molecule has 2 aromatic rings. The first-order valence-electron chi connectivity index (χ1n) is 8.05. The van der Waals surface area contributed by atoms with E-state index in [1.165, 1.54) is 31.3 Å². The predicted molar refractivity (Wildman–Crippen MR) is 93.0 cm³/mol. The molecule has 4 nitrogen and oxygen atoms in total. The summed E-state index contributed by atoms with van der Waals surface area (Å²) >= 11 is 1.72. The van der Waals surface area contributed by atoms with Gasteiger partial charge in [-0.3, -0.25) is 5.10 Å². The Hall–Kier alpha value is -1.75. The number of hydrogen-bond donors (Lipinski definition) is 1. The average molecular weight is 330 g/mol. The summed E-state index contributed by atoms with van der Waals surface area (Å²) in [6.07, 6.45) is 7.98. The van der Waals surface area contributed by atoms with E-state index in [-0.39, 0.29) is 5.97 Å². The highest BCUT2D eigenvalue weighted by Crippen LogP contribution is 2.39. The van der Waals surface area contributed by atoms with E-state index < -0.39 is 0 Å². The van der Waals surface area contributed by atoms with Gasteiger partial charge in [-0.1, -0.05) is 31.4 Å². The largest absolute Gasteiger partial charge is 0.464 e. The zero-order chi connectivity index (χ0) is 16.2. The molecule has 1 aromatic heterocycles. The molecule has 1 aliphatic carbocycles. The summed E-state index contributed by atoms with van der Waals surface area (Å²) in [6.45, 7) is 0. The van der Waals surface area contributed by atoms with Gasteiger partial charge in [-0.15, -0.1) is 11.8 Å². The first kappa shape index (κ1) is 16.1. The lowest BCUT2D eigenvalue weighted by molar-refractivity contribution is 0.0592. The molecule has 0 atom stereocenters. The maximum Gasteiger partial charge on any atom is 0.356 e. The van der Waals surface area contributed by atoms with Crippen molar-refractivity contribution < 1.29 is 9.53 Å². The molecule has 1 saturated carbocycles. The summed E-state index contributed by atoms with van der Waals surface area (Å²) in [6, 6.07) is 8.35. The maximum absolute atomic E-state index is 12.1. The van der Waals surface area contributed by atoms with Crippen LogP contribution in [-0.2, 0) is 4.74 Å². The van der Waals surface area contributed by atoms with Crippen LogP contribution in [0.25, 0.3) is 11.3 Å². The normalized spacial score (nSPS) is 15.6. The van der Waals surface area contributed by atoms with Crippen molar-refractivity contribution >= 4 is 17.7 Å². The van der Waals surface area contributed by atoms with Crippen LogP contribution in [0.2, 0.25) is 0 Å². The number of hydrogen-bond acceptors (Lipinski definition) is 4. The molecule has 1 heterocycles. The smallest absolute Gasteiger partial charge is 0.356 e. The fourth-order valence-corrected chi connectivity index (χ4v) is 3.77. The maximum atomic E-state index is 12.1. The number of carbonyl (C=O) groups is 1. The van der Waals surface area contributed by atoms with Gasteiger partial charge in [0.05, 0.1) is 12.8 Å². The molecular weight excluding hydrogens is 308 g/mol. The van der Waals surface area contributed by atoms with Crippen molar-refractivity contribution in [3.05, 3.63) is 35.5 Å². The quantitative estimate of drug-likeness (QED) is 0.656. The summed E-state index contributed by atoms with van der Waals surface area (Å²) in [4.78, 5) is 13.3. The van der Waals surface area contributed by atoms with E-state index in [2.05, 4.69) is 40.7 Å². The van der Waals surface area contributed by atoms with Crippen molar-refractivity contribution in [2.75, 3.05) is 13.4 Å². The van der Waals surface area contributed by atoms with Crippen LogP contribution >= 0.6 is 11.8 Å². The minimum Gasteiger partial charge on any atom is -0.464 e. The van der Waals surface area contributed by atoms with Gasteiger partial charge in [0.15, 0.2) is 0 Å². The van der Waals surface area contributed by atoms with E-state index in [4.69, 9.17) is 4.74 Å². The third-order valence-corrected chi connectivity index (χ3v) is 5.31. The number of thioether (sulfide) groups is 1. The molecule has 3 rings (SSSR count). The molecule has 0 aliphatic heterocycles. The van der Waals surface area contributed by atoms with Crippen LogP contribution in [0.4, 0.5) is 0 Å². The van der Waals surface area contributed by atoms with Crippen molar-refractivity contribution in [3.8, 4) is 11.3 Å². The minimum absolute atomic E-state index is 0.329. The molecule has 0 unspecified atom stereocenters. The van der Waals surface area contributed by atoms with E-state index in [1.54, 1.807) is 11.8 Å². The number of aromatic amines is 1. The van der Waals surface area contributed by atoms with Gasteiger partial charge in [0, 0.05) is 16.0 Å². The van der Waals surface area contributed by atoms with E-state index in [0.717, 1.165) is 29.7 Å². The number of rotatable bonds is 4. The second-order valence-corrected chi connectivity index (χ2v) is 6.80. The fraction of sp³-hybridized carbons (Fsp3) is 0.444. The van der Waals surface area contributed by atoms with E-state index in [1.807, 2.05) is 0 Å². The van der Waals surface area contributed by atoms with Gasteiger partial charge in [0.1, 0.15) is 5.69 Å². The standard InChI is InChI=1S/C18H22N2O2S/c1-22-18(21)17-15(12-6-4-3-5-7-12)16(19-20-17)13-8-10-14(23-2)11-9-13/h8-12H,3-7H2,1-2H3,(H,19,20). The molecule has 1 aromatic carbocycles. The van der Waals surface area contributed by atoms with Gasteiger partial charge in [0.2, 0.25) is 0 Å². The third kappa shape index (κ3) is 3.29. The Morgan fingerprint density at radius 1 is 1.22 bits per heavy atom. The summed E-state index contributed by atoms with van der Waals surface area (Å²) in [7, 11) is 1.42. The molecule has 0 saturated heterocycles. The Morgan fingerprint density at radius 2 is 1.91 bits per heavy atom. The molecule has 122 valence electrons. The van der Waals surface area contributed by atoms with Crippen molar-refractivity contribution in [1.29, 1.82) is 0 Å². The first-order chi connectivity index (χ1) is 11.2. The predicted octanol–water partition coefficient (Wildman–Crippen LogP) is 4.63. The lowest BCUT2D eigenvalue weighted by Crippen LogP contribution is -2.11. The molecule has 1 aliphatic rings. The number of esters is 1. The highest BCUT2D eigenvalue weighted by Gasteiger charge is 2.28. The molecule has 23 heavy (non-hydrogen) atoms. The number of nitrogens with one attached hydrogen (secondary N) is 1. The Morgan fingerprint density at radius 3 is 2.52 bits per heavy atom. The third-order valence-electron chi connectivity index (χ3n) is 4.57. The number of nitrogens with zero attached hydrogens (tertiary/aromatic N) is 1. The molecule has 0 amide bonds. The second kappa shape index (κ2) is 7.21. The number of H-pyrrole nitrogens is 1. The molecule has 0 spiro atoms. The van der Waals surface area contributed by atoms with E-state index in [0.29, 0.717) is 11.6 Å². The number of aromatic nitrogens is 2. The summed E-state index contributed by atoms with van der Waals surface area (Å²) in [5.41, 5.74) is 3.50. The van der Waals surface area contributed by atoms with Gasteiger partial charge < -0.3 is 4.74 Å². The summed E-state index contributed by atoms with van der Waals surface area (Å²) < 4.78 is 4.94. The van der Waals surface area contributed by atoms with Crippen LogP contribution in [0.15, 0.2) is 29.2 Å². The van der Waals surface area contributed by atoms with Gasteiger partial charge in [-0.2, -0.15) is 5.10 Å².